The summed E-state index contributed by atoms with van der Waals surface area (Å²) >= 11 is 0. The molecule has 3 heterocycles. The molecule has 1 aromatic rings. The summed E-state index contributed by atoms with van der Waals surface area (Å²) < 4.78 is 79.9. The van der Waals surface area contributed by atoms with Crippen LogP contribution in [0, 0.1) is 5.92 Å². The number of nitrogens with one attached hydrogen (secondary N) is 3. The third kappa shape index (κ3) is 8.78. The molecule has 296 valence electrons. The van der Waals surface area contributed by atoms with Crippen LogP contribution in [0.5, 0.6) is 0 Å². The van der Waals surface area contributed by atoms with Crippen LogP contribution in [0.25, 0.3) is 0 Å². The zero-order valence-corrected chi connectivity index (χ0v) is 31.2. The first kappa shape index (κ1) is 39.3. The van der Waals surface area contributed by atoms with Crippen LogP contribution in [0.2, 0.25) is 0 Å². The largest absolute Gasteiger partial charge is 0.444 e. The van der Waals surface area contributed by atoms with Crippen LogP contribution in [0.15, 0.2) is 30.4 Å². The van der Waals surface area contributed by atoms with Gasteiger partial charge in [-0.25, -0.2) is 18.0 Å². The number of hydrogen-bond donors (Lipinski definition) is 3. The molecule has 3 fully saturated rings. The van der Waals surface area contributed by atoms with Crippen molar-refractivity contribution in [1.82, 2.24) is 25.2 Å². The first-order chi connectivity index (χ1) is 25.3. The smallest absolute Gasteiger partial charge is 0.416 e. The van der Waals surface area contributed by atoms with Gasteiger partial charge in [-0.3, -0.25) is 24.0 Å². The molecule has 0 spiro atoms. The molecule has 1 aromatic carbocycles. The maximum absolute atomic E-state index is 14.3. The van der Waals surface area contributed by atoms with E-state index in [1.165, 1.54) is 12.1 Å². The Morgan fingerprint density at radius 2 is 1.76 bits per heavy atom. The Hall–Kier alpha value is -4.35. The number of benzene rings is 1. The maximum Gasteiger partial charge on any atom is 0.416 e. The number of sulfonamides is 1. The molecule has 14 nitrogen and oxygen atoms in total. The van der Waals surface area contributed by atoms with Crippen LogP contribution in [-0.2, 0) is 53.1 Å². The van der Waals surface area contributed by atoms with Crippen LogP contribution in [-0.4, -0.2) is 89.2 Å². The van der Waals surface area contributed by atoms with Gasteiger partial charge in [0.1, 0.15) is 29.3 Å². The fourth-order valence-electron chi connectivity index (χ4n) is 7.33. The first-order valence-corrected chi connectivity index (χ1v) is 19.8. The van der Waals surface area contributed by atoms with Gasteiger partial charge in [-0.15, -0.1) is 0 Å². The molecule has 5 atom stereocenters. The molecule has 1 saturated heterocycles. The standard InChI is InChI=1S/C36H46F3N5O9S/c1-34(2,3)53-32(48)40-27-13-8-6-4-5-7-11-22-17-35(22,31(47)42-54(50,51)24-14-15-24)41-29(45)28-16-23(19-44(28)30(27)46)52-33(49)43-18-21-10-9-12-26(25(21)20-43)36(37,38)39/h7,9-12,22-24,27-28H,4-6,8,13-20H2,1-3H3,(H,40,48)(H,41,45)(H,42,47)/t22-,23-,27-,28+,35-/m1/s1. The zero-order valence-electron chi connectivity index (χ0n) is 30.4. The summed E-state index contributed by atoms with van der Waals surface area (Å²) in [6, 6.07) is 1.22. The molecule has 3 aliphatic heterocycles. The fourth-order valence-corrected chi connectivity index (χ4v) is 8.69. The highest BCUT2D eigenvalue weighted by Gasteiger charge is 2.62. The third-order valence-corrected chi connectivity index (χ3v) is 12.2. The summed E-state index contributed by atoms with van der Waals surface area (Å²) in [5, 5.41) is 4.65. The molecule has 6 rings (SSSR count). The molecule has 18 heteroatoms. The van der Waals surface area contributed by atoms with Gasteiger partial charge in [-0.1, -0.05) is 37.1 Å². The van der Waals surface area contributed by atoms with E-state index in [0.717, 1.165) is 15.9 Å². The minimum atomic E-state index is -4.63. The lowest BCUT2D eigenvalue weighted by atomic mass is 10.0. The van der Waals surface area contributed by atoms with E-state index in [9.17, 15) is 45.6 Å². The van der Waals surface area contributed by atoms with Crippen molar-refractivity contribution >= 4 is 39.9 Å². The molecular weight excluding hydrogens is 735 g/mol. The van der Waals surface area contributed by atoms with Crippen molar-refractivity contribution in [2.24, 2.45) is 5.92 Å². The molecule has 5 amide bonds. The Morgan fingerprint density at radius 1 is 1.02 bits per heavy atom. The number of allylic oxidation sites excluding steroid dienone is 1. The second-order valence-electron chi connectivity index (χ2n) is 15.8. The Labute approximate surface area is 311 Å². The van der Waals surface area contributed by atoms with Gasteiger partial charge in [0.05, 0.1) is 23.9 Å². The number of alkyl carbamates (subject to hydrolysis) is 1. The highest BCUT2D eigenvalue weighted by molar-refractivity contribution is 7.91. The quantitative estimate of drug-likeness (QED) is 0.372. The predicted octanol–water partition coefficient (Wildman–Crippen LogP) is 4.02. The average molecular weight is 782 g/mol. The van der Waals surface area contributed by atoms with Crippen LogP contribution in [0.1, 0.15) is 95.2 Å². The number of nitrogens with zero attached hydrogens (tertiary/aromatic N) is 2. The van der Waals surface area contributed by atoms with Crippen LogP contribution < -0.4 is 15.4 Å². The molecule has 54 heavy (non-hydrogen) atoms. The predicted molar refractivity (Wildman–Crippen MR) is 186 cm³/mol. The first-order valence-electron chi connectivity index (χ1n) is 18.3. The monoisotopic (exact) mass is 781 g/mol. The van der Waals surface area contributed by atoms with E-state index < -0.39 is 92.2 Å². The van der Waals surface area contributed by atoms with Crippen molar-refractivity contribution in [1.29, 1.82) is 0 Å². The van der Waals surface area contributed by atoms with Crippen molar-refractivity contribution in [2.75, 3.05) is 6.54 Å². The summed E-state index contributed by atoms with van der Waals surface area (Å²) in [5.74, 6) is -2.89. The number of ether oxygens (including phenoxy) is 2. The minimum Gasteiger partial charge on any atom is -0.444 e. The number of hydrogen-bond acceptors (Lipinski definition) is 9. The van der Waals surface area contributed by atoms with Crippen LogP contribution >= 0.6 is 0 Å². The molecule has 2 aliphatic carbocycles. The van der Waals surface area contributed by atoms with E-state index in [0.29, 0.717) is 44.1 Å². The van der Waals surface area contributed by atoms with Crippen LogP contribution in [0.3, 0.4) is 0 Å². The number of carbonyl (C=O) groups is 5. The normalized spacial score (nSPS) is 27.7. The summed E-state index contributed by atoms with van der Waals surface area (Å²) in [4.78, 5) is 70.7. The number of rotatable bonds is 5. The number of amides is 5. The van der Waals surface area contributed by atoms with Crippen molar-refractivity contribution in [3.8, 4) is 0 Å². The lowest BCUT2D eigenvalue weighted by Gasteiger charge is -2.30. The molecule has 5 aliphatic rings. The third-order valence-electron chi connectivity index (χ3n) is 10.3. The minimum absolute atomic E-state index is 0.0491. The van der Waals surface area contributed by atoms with Crippen molar-refractivity contribution in [3.63, 3.8) is 0 Å². The summed E-state index contributed by atoms with van der Waals surface area (Å²) in [5.41, 5.74) is -3.10. The topological polar surface area (TPSA) is 181 Å². The Morgan fingerprint density at radius 3 is 2.44 bits per heavy atom. The molecule has 0 radical (unpaired) electrons. The average Bonchev–Trinajstić information content (AvgIpc) is 3.95. The van der Waals surface area contributed by atoms with E-state index in [4.69, 9.17) is 9.47 Å². The highest BCUT2D eigenvalue weighted by atomic mass is 32.2. The van der Waals surface area contributed by atoms with Gasteiger partial charge in [0.25, 0.3) is 5.91 Å². The fraction of sp³-hybridized carbons (Fsp3) is 0.639. The lowest BCUT2D eigenvalue weighted by molar-refractivity contribution is -0.141. The van der Waals surface area contributed by atoms with Crippen molar-refractivity contribution < 1.29 is 55.0 Å². The summed E-state index contributed by atoms with van der Waals surface area (Å²) in [6.07, 6.45) is -0.462. The van der Waals surface area contributed by atoms with Gasteiger partial charge >= 0.3 is 18.4 Å². The van der Waals surface area contributed by atoms with Crippen molar-refractivity contribution in [2.45, 2.75) is 132 Å². The molecular formula is C36H46F3N5O9S. The van der Waals surface area contributed by atoms with Gasteiger partial charge < -0.3 is 25.0 Å². The van der Waals surface area contributed by atoms with E-state index in [2.05, 4.69) is 15.4 Å². The van der Waals surface area contributed by atoms with E-state index in [-0.39, 0.29) is 44.5 Å². The van der Waals surface area contributed by atoms with Gasteiger partial charge in [-0.2, -0.15) is 13.2 Å². The molecule has 0 bridgehead atoms. The number of fused-ring (bicyclic) bond motifs is 3. The molecule has 0 aromatic heterocycles. The zero-order chi connectivity index (χ0) is 39.2. The van der Waals surface area contributed by atoms with Crippen LogP contribution in [0.4, 0.5) is 22.8 Å². The number of halogens is 3. The molecule has 3 N–H and O–H groups in total. The Bertz CT molecular complexity index is 1830. The number of alkyl halides is 3. The van der Waals surface area contributed by atoms with E-state index in [1.807, 2.05) is 6.08 Å². The second-order valence-corrected chi connectivity index (χ2v) is 17.7. The van der Waals surface area contributed by atoms with Gasteiger partial charge in [0.15, 0.2) is 0 Å². The Kier molecular flexibility index (Phi) is 10.7. The maximum atomic E-state index is 14.3. The van der Waals surface area contributed by atoms with E-state index in [1.54, 1.807) is 26.8 Å². The number of carbonyl (C=O) groups excluding carboxylic acids is 5. The van der Waals surface area contributed by atoms with Crippen molar-refractivity contribution in [3.05, 3.63) is 47.0 Å². The SMILES string of the molecule is CC(C)(C)OC(=O)N[C@@H]1CCCCCC=C[C@@H]2C[C@@]2(C(=O)NS(=O)(=O)C2CC2)NC(=O)[C@@H]2C[C@@H](OC(=O)N3Cc4cccc(C(F)(F)F)c4C3)CN2C1=O. The van der Waals surface area contributed by atoms with E-state index >= 15 is 0 Å². The molecule has 0 unspecified atom stereocenters. The summed E-state index contributed by atoms with van der Waals surface area (Å²) in [6.45, 7) is 4.18. The Balaban J connectivity index is 1.25. The second kappa shape index (κ2) is 14.7. The lowest BCUT2D eigenvalue weighted by Crippen LogP contribution is -2.58. The van der Waals surface area contributed by atoms with Gasteiger partial charge in [-0.05, 0) is 76.5 Å². The van der Waals surface area contributed by atoms with Gasteiger partial charge in [0.2, 0.25) is 21.8 Å². The highest BCUT2D eigenvalue weighted by Crippen LogP contribution is 2.46. The summed E-state index contributed by atoms with van der Waals surface area (Å²) in [7, 11) is -3.97. The van der Waals surface area contributed by atoms with Gasteiger partial charge in [0, 0.05) is 18.9 Å². The molecule has 2 saturated carbocycles.